The Bertz CT molecular complexity index is 1360. The van der Waals surface area contributed by atoms with Crippen LogP contribution in [0.1, 0.15) is 56.0 Å². The molecular formula is C30H38F3N5O2Se. The van der Waals surface area contributed by atoms with Gasteiger partial charge in [-0.15, -0.1) is 6.58 Å². The molecule has 0 radical (unpaired) electrons. The minimum absolute atomic E-state index is 0.0517. The molecule has 0 aliphatic rings. The van der Waals surface area contributed by atoms with Crippen molar-refractivity contribution in [3.05, 3.63) is 72.6 Å². The molecule has 0 aliphatic heterocycles. The SMILES string of the molecule is C=CCCC/C=C\C.CC.CNC(=O)c1ccc(OC)c(NCC#Cc2cc3c(N)nccn3c2[Se]C(F)(F)F)c1. The van der Waals surface area contributed by atoms with Crippen molar-refractivity contribution in [1.29, 1.82) is 0 Å². The van der Waals surface area contributed by atoms with Gasteiger partial charge >= 0.3 is 182 Å². The van der Waals surface area contributed by atoms with E-state index in [4.69, 9.17) is 10.5 Å². The van der Waals surface area contributed by atoms with E-state index in [0.29, 0.717) is 22.5 Å². The Morgan fingerprint density at radius 2 is 2.00 bits per heavy atom. The predicted molar refractivity (Wildman–Crippen MR) is 163 cm³/mol. The summed E-state index contributed by atoms with van der Waals surface area (Å²) in [5, 5.41) is 1.21. The summed E-state index contributed by atoms with van der Waals surface area (Å²) in [6.07, 6.45) is 12.6. The normalized spacial score (nSPS) is 10.4. The number of carbonyl (C=O) groups is 1. The Kier molecular flexibility index (Phi) is 15.8. The number of alkyl halides is 3. The van der Waals surface area contributed by atoms with Gasteiger partial charge in [0.2, 0.25) is 0 Å². The van der Waals surface area contributed by atoms with E-state index in [1.807, 2.05) is 26.8 Å². The van der Waals surface area contributed by atoms with Gasteiger partial charge in [0.05, 0.1) is 0 Å². The monoisotopic (exact) mass is 637 g/mol. The Hall–Kier alpha value is -3.87. The van der Waals surface area contributed by atoms with Crippen LogP contribution in [0.15, 0.2) is 61.5 Å². The number of ether oxygens (including phenoxy) is 1. The van der Waals surface area contributed by atoms with Crippen LogP contribution in [-0.4, -0.2) is 56.0 Å². The quantitative estimate of drug-likeness (QED) is 0.124. The predicted octanol–water partition coefficient (Wildman–Crippen LogP) is 5.54. The number of amides is 1. The van der Waals surface area contributed by atoms with Gasteiger partial charge in [-0.05, 0) is 26.2 Å². The maximum absolute atomic E-state index is 13.1. The van der Waals surface area contributed by atoms with Gasteiger partial charge in [0.15, 0.2) is 0 Å². The fourth-order valence-electron chi connectivity index (χ4n) is 3.36. The van der Waals surface area contributed by atoms with Crippen molar-refractivity contribution < 1.29 is 22.7 Å². The molecule has 11 heteroatoms. The number of carbonyl (C=O) groups excluding carboxylic acids is 1. The number of nitrogens with two attached hydrogens (primary N) is 1. The number of rotatable bonds is 9. The van der Waals surface area contributed by atoms with Gasteiger partial charge in [-0.3, -0.25) is 0 Å². The maximum atomic E-state index is 13.1. The molecule has 222 valence electrons. The van der Waals surface area contributed by atoms with Crippen LogP contribution in [0.3, 0.4) is 0 Å². The number of benzene rings is 1. The zero-order chi connectivity index (χ0) is 30.8. The van der Waals surface area contributed by atoms with Crippen LogP contribution < -0.4 is 25.7 Å². The van der Waals surface area contributed by atoms with Gasteiger partial charge in [0, 0.05) is 0 Å². The Labute approximate surface area is 246 Å². The van der Waals surface area contributed by atoms with Crippen LogP contribution >= 0.6 is 0 Å². The van der Waals surface area contributed by atoms with Crippen molar-refractivity contribution in [3.8, 4) is 17.6 Å². The third-order valence-corrected chi connectivity index (χ3v) is 6.95. The molecule has 2 heterocycles. The van der Waals surface area contributed by atoms with Crippen molar-refractivity contribution in [1.82, 2.24) is 14.7 Å². The van der Waals surface area contributed by atoms with Gasteiger partial charge in [0.25, 0.3) is 0 Å². The number of aromatic nitrogens is 2. The number of nitrogens with zero attached hydrogens (tertiary/aromatic N) is 2. The number of methoxy groups -OCH3 is 1. The Balaban J connectivity index is 0.000000725. The summed E-state index contributed by atoms with van der Waals surface area (Å²) in [5.41, 5.74) is 7.38. The van der Waals surface area contributed by atoms with Gasteiger partial charge in [-0.1, -0.05) is 32.1 Å². The molecule has 4 N–H and O–H groups in total. The van der Waals surface area contributed by atoms with Crippen molar-refractivity contribution in [2.24, 2.45) is 0 Å². The van der Waals surface area contributed by atoms with Crippen LogP contribution in [0, 0.1) is 11.8 Å². The van der Waals surface area contributed by atoms with E-state index in [1.165, 1.54) is 49.9 Å². The summed E-state index contributed by atoms with van der Waals surface area (Å²) in [7, 11) is 3.01. The van der Waals surface area contributed by atoms with Crippen LogP contribution in [0.4, 0.5) is 24.7 Å². The topological polar surface area (TPSA) is 93.7 Å². The van der Waals surface area contributed by atoms with Crippen LogP contribution in [0.2, 0.25) is 0 Å². The van der Waals surface area contributed by atoms with E-state index in [0.717, 1.165) is 6.42 Å². The summed E-state index contributed by atoms with van der Waals surface area (Å²) in [6, 6.07) is 6.37. The number of anilines is 2. The van der Waals surface area contributed by atoms with Crippen LogP contribution in [0.25, 0.3) is 5.52 Å². The van der Waals surface area contributed by atoms with E-state index >= 15 is 0 Å². The summed E-state index contributed by atoms with van der Waals surface area (Å²) in [6.45, 7) is 9.80. The number of nitrogens with one attached hydrogen (secondary N) is 2. The minimum atomic E-state index is -4.35. The van der Waals surface area contributed by atoms with E-state index in [2.05, 4.69) is 46.2 Å². The van der Waals surface area contributed by atoms with Gasteiger partial charge in [-0.25, -0.2) is 0 Å². The second kappa shape index (κ2) is 18.5. The summed E-state index contributed by atoms with van der Waals surface area (Å²) in [5.74, 6) is 5.98. The fraction of sp³-hybridized carbons (Fsp3) is 0.333. The first-order valence-corrected chi connectivity index (χ1v) is 14.7. The first-order valence-electron chi connectivity index (χ1n) is 13.0. The molecule has 1 amide bonds. The molecule has 0 unspecified atom stereocenters. The van der Waals surface area contributed by atoms with Crippen molar-refractivity contribution >= 4 is 42.5 Å². The zero-order valence-electron chi connectivity index (χ0n) is 24.1. The Morgan fingerprint density at radius 1 is 1.27 bits per heavy atom. The molecule has 3 aromatic rings. The molecule has 0 fully saturated rings. The van der Waals surface area contributed by atoms with Crippen molar-refractivity contribution in [2.75, 3.05) is 31.8 Å². The Morgan fingerprint density at radius 3 is 2.61 bits per heavy atom. The van der Waals surface area contributed by atoms with Crippen molar-refractivity contribution in [2.45, 2.75) is 45.1 Å². The molecule has 0 aliphatic carbocycles. The molecule has 0 saturated carbocycles. The molecule has 0 bridgehead atoms. The molecule has 1 aromatic carbocycles. The van der Waals surface area contributed by atoms with E-state index in [1.54, 1.807) is 18.2 Å². The number of fused-ring (bicyclic) bond motifs is 1. The molecule has 3 rings (SSSR count). The second-order valence-electron chi connectivity index (χ2n) is 7.92. The number of unbranched alkanes of at least 4 members (excludes halogenated alkanes) is 2. The molecular weight excluding hydrogens is 598 g/mol. The second-order valence-corrected chi connectivity index (χ2v) is 10.1. The molecule has 41 heavy (non-hydrogen) atoms. The van der Waals surface area contributed by atoms with Crippen molar-refractivity contribution in [3.63, 3.8) is 0 Å². The zero-order valence-corrected chi connectivity index (χ0v) is 25.8. The van der Waals surface area contributed by atoms with Gasteiger partial charge in [-0.2, -0.15) is 0 Å². The molecule has 0 saturated heterocycles. The molecule has 7 nitrogen and oxygen atoms in total. The first kappa shape index (κ1) is 35.2. The molecule has 2 aromatic heterocycles. The van der Waals surface area contributed by atoms with E-state index < -0.39 is 20.0 Å². The van der Waals surface area contributed by atoms with Gasteiger partial charge < -0.3 is 0 Å². The summed E-state index contributed by atoms with van der Waals surface area (Å²) in [4.78, 5) is 15.7. The fourth-order valence-corrected chi connectivity index (χ4v) is 4.82. The average Bonchev–Trinajstić information content (AvgIpc) is 3.31. The van der Waals surface area contributed by atoms with Crippen LogP contribution in [0.5, 0.6) is 5.75 Å². The van der Waals surface area contributed by atoms with Crippen LogP contribution in [-0.2, 0) is 0 Å². The van der Waals surface area contributed by atoms with E-state index in [9.17, 15) is 18.0 Å². The third kappa shape index (κ3) is 11.6. The number of nitrogen functional groups attached to an aromatic ring is 1. The number of allylic oxidation sites excluding steroid dienone is 3. The van der Waals surface area contributed by atoms with E-state index in [-0.39, 0.29) is 28.4 Å². The number of hydrogen-bond acceptors (Lipinski definition) is 5. The summed E-state index contributed by atoms with van der Waals surface area (Å²) < 4.78 is 46.0. The summed E-state index contributed by atoms with van der Waals surface area (Å²) >= 11 is -1.81. The first-order chi connectivity index (χ1) is 19.6. The standard InChI is InChI=1S/C20H18F3N5O2Se.C8H14.C2H6/c1-25-18(29)12-5-6-16(30-2)14(10-12)26-7-3-4-13-11-15-17(24)27-8-9-28(15)19(13)31-20(21,22)23;1-3-5-7-8-6-4-2;1-2/h5-6,8-11,26H,7H2,1-2H3,(H2,24,27)(H,25,29);3-4,6H,1,5,7-8H2,2H3;1-2H3/b;6-4-;. The average molecular weight is 637 g/mol. The third-order valence-electron chi connectivity index (χ3n) is 5.19. The number of hydrogen-bond donors (Lipinski definition) is 3. The number of halogens is 3. The molecule has 0 spiro atoms. The van der Waals surface area contributed by atoms with Gasteiger partial charge in [0.1, 0.15) is 0 Å². The molecule has 0 atom stereocenters.